The van der Waals surface area contributed by atoms with Crippen molar-refractivity contribution >= 4 is 17.8 Å². The maximum absolute atomic E-state index is 13.9. The van der Waals surface area contributed by atoms with Crippen LogP contribution in [0.1, 0.15) is 207 Å². The first kappa shape index (κ1) is 71.0. The molecule has 4 aliphatic heterocycles. The van der Waals surface area contributed by atoms with Gasteiger partial charge in [-0.05, 0) is 19.3 Å². The van der Waals surface area contributed by atoms with Crippen molar-refractivity contribution in [2.45, 2.75) is 317 Å². The van der Waals surface area contributed by atoms with Crippen LogP contribution < -0.4 is 10.6 Å². The van der Waals surface area contributed by atoms with E-state index in [1.165, 1.54) is 122 Å². The summed E-state index contributed by atoms with van der Waals surface area (Å²) in [5.41, 5.74) is 0. The van der Waals surface area contributed by atoms with E-state index in [1.54, 1.807) is 6.08 Å². The molecule has 0 aliphatic carbocycles. The molecule has 1 spiro atoms. The third-order valence-corrected chi connectivity index (χ3v) is 16.2. The molecule has 472 valence electrons. The second kappa shape index (κ2) is 39.3. The van der Waals surface area contributed by atoms with Gasteiger partial charge in [0.05, 0.1) is 50.7 Å². The van der Waals surface area contributed by atoms with Crippen molar-refractivity contribution < 1.29 is 98.6 Å². The van der Waals surface area contributed by atoms with Crippen LogP contribution in [0.4, 0.5) is 0 Å². The summed E-state index contributed by atoms with van der Waals surface area (Å²) < 4.78 is 41.4. The Labute approximate surface area is 481 Å². The Kier molecular flexibility index (Phi) is 34.4. The number of aliphatic hydroxyl groups is 10. The number of amides is 2. The number of esters is 1. The molecule has 0 radical (unpaired) electrons. The largest absolute Gasteiger partial charge is 0.450 e. The van der Waals surface area contributed by atoms with Gasteiger partial charge in [-0.15, -0.1) is 0 Å². The highest BCUT2D eigenvalue weighted by Crippen LogP contribution is 2.43. The van der Waals surface area contributed by atoms with Gasteiger partial charge in [0.2, 0.25) is 11.8 Å². The Morgan fingerprint density at radius 3 is 1.70 bits per heavy atom. The molecule has 0 aromatic heterocycles. The first-order valence-corrected chi connectivity index (χ1v) is 31.0. The highest BCUT2D eigenvalue weighted by Gasteiger charge is 2.65. The van der Waals surface area contributed by atoms with Gasteiger partial charge in [-0.3, -0.25) is 9.59 Å². The average Bonchev–Trinajstić information content (AvgIpc) is 3.62. The number of rotatable bonds is 42. The van der Waals surface area contributed by atoms with Gasteiger partial charge in [0.15, 0.2) is 18.7 Å². The van der Waals surface area contributed by atoms with E-state index in [-0.39, 0.29) is 18.9 Å². The van der Waals surface area contributed by atoms with E-state index in [9.17, 15) is 65.4 Å². The number of hydrogen-bond donors (Lipinski definition) is 12. The van der Waals surface area contributed by atoms with Crippen molar-refractivity contribution in [2.75, 3.05) is 26.4 Å². The maximum Gasteiger partial charge on any atom is 0.367 e. The van der Waals surface area contributed by atoms with Gasteiger partial charge in [0.25, 0.3) is 5.79 Å². The summed E-state index contributed by atoms with van der Waals surface area (Å²) in [5, 5.41) is 114. The molecular formula is C59H106N2O20. The fraction of sp³-hybridized carbons (Fsp3) is 0.915. The fourth-order valence-corrected chi connectivity index (χ4v) is 11.3. The van der Waals surface area contributed by atoms with Crippen molar-refractivity contribution in [3.63, 3.8) is 0 Å². The first-order valence-electron chi connectivity index (χ1n) is 31.0. The minimum atomic E-state index is -2.61. The van der Waals surface area contributed by atoms with Crippen LogP contribution in [0.25, 0.3) is 0 Å². The molecule has 18 atom stereocenters. The lowest BCUT2D eigenvalue weighted by molar-refractivity contribution is -0.408. The first-order chi connectivity index (χ1) is 39.1. The predicted molar refractivity (Wildman–Crippen MR) is 298 cm³/mol. The summed E-state index contributed by atoms with van der Waals surface area (Å²) in [6, 6.07) is -2.43. The molecule has 0 aromatic rings. The average molecular weight is 1160 g/mol. The lowest BCUT2D eigenvalue weighted by atomic mass is 9.87. The zero-order valence-corrected chi connectivity index (χ0v) is 48.9. The number of ether oxygens (including phenoxy) is 7. The van der Waals surface area contributed by atoms with Crippen LogP contribution >= 0.6 is 0 Å². The topological polar surface area (TPSA) is 342 Å². The number of carbonyl (C=O) groups excluding carboxylic acids is 3. The van der Waals surface area contributed by atoms with Crippen LogP contribution in [-0.2, 0) is 47.5 Å². The van der Waals surface area contributed by atoms with Crippen molar-refractivity contribution in [3.05, 3.63) is 12.2 Å². The van der Waals surface area contributed by atoms with Crippen molar-refractivity contribution in [3.8, 4) is 0 Å². The molecule has 4 saturated heterocycles. The molecule has 22 heteroatoms. The predicted octanol–water partition coefficient (Wildman–Crippen LogP) is 3.65. The zero-order chi connectivity index (χ0) is 59.2. The molecule has 4 aliphatic rings. The number of allylic oxidation sites excluding steroid dienone is 1. The van der Waals surface area contributed by atoms with Gasteiger partial charge in [-0.25, -0.2) is 4.79 Å². The van der Waals surface area contributed by atoms with Gasteiger partial charge in [-0.2, -0.15) is 0 Å². The van der Waals surface area contributed by atoms with E-state index in [2.05, 4.69) is 24.5 Å². The molecule has 12 N–H and O–H groups in total. The Bertz CT molecular complexity index is 1750. The fourth-order valence-electron chi connectivity index (χ4n) is 11.3. The number of hydrogen-bond acceptors (Lipinski definition) is 20. The normalized spacial score (nSPS) is 31.1. The van der Waals surface area contributed by atoms with E-state index in [0.717, 1.165) is 51.9 Å². The minimum absolute atomic E-state index is 0.226. The van der Waals surface area contributed by atoms with E-state index >= 15 is 0 Å². The van der Waals surface area contributed by atoms with Crippen LogP contribution in [0.5, 0.6) is 0 Å². The van der Waals surface area contributed by atoms with Crippen LogP contribution in [0.15, 0.2) is 12.2 Å². The molecule has 0 aromatic carbocycles. The third kappa shape index (κ3) is 23.4. The second-order valence-electron chi connectivity index (χ2n) is 23.0. The van der Waals surface area contributed by atoms with Crippen LogP contribution in [0.2, 0.25) is 0 Å². The quantitative estimate of drug-likeness (QED) is 0.0236. The van der Waals surface area contributed by atoms with E-state index < -0.39 is 148 Å². The summed E-state index contributed by atoms with van der Waals surface area (Å²) in [6.07, 6.45) is 9.06. The number of unbranched alkanes of at least 4 members (excludes halogenated alkanes) is 25. The molecular weight excluding hydrogens is 1060 g/mol. The second-order valence-corrected chi connectivity index (χ2v) is 23.0. The summed E-state index contributed by atoms with van der Waals surface area (Å²) in [7, 11) is 0. The Hall–Kier alpha value is -2.49. The number of nitrogens with one attached hydrogen (secondary N) is 2. The summed E-state index contributed by atoms with van der Waals surface area (Å²) in [4.78, 5) is 39.4. The maximum atomic E-state index is 13.9. The van der Waals surface area contributed by atoms with Gasteiger partial charge >= 0.3 is 5.97 Å². The van der Waals surface area contributed by atoms with Crippen LogP contribution in [-0.4, -0.2) is 205 Å². The zero-order valence-electron chi connectivity index (χ0n) is 48.9. The van der Waals surface area contributed by atoms with Crippen LogP contribution in [0.3, 0.4) is 0 Å². The molecule has 0 bridgehead atoms. The Morgan fingerprint density at radius 1 is 0.667 bits per heavy atom. The smallest absolute Gasteiger partial charge is 0.367 e. The Morgan fingerprint density at radius 2 is 1.19 bits per heavy atom. The van der Waals surface area contributed by atoms with Gasteiger partial charge in [0.1, 0.15) is 61.0 Å². The lowest BCUT2D eigenvalue weighted by Gasteiger charge is -2.54. The summed E-state index contributed by atoms with van der Waals surface area (Å²) in [5.74, 6) is -4.93. The summed E-state index contributed by atoms with van der Waals surface area (Å²) >= 11 is 0. The molecule has 81 heavy (non-hydrogen) atoms. The Balaban J connectivity index is 1.36. The number of fused-ring (bicyclic) bond motifs is 1. The highest BCUT2D eigenvalue weighted by molar-refractivity contribution is 5.79. The number of aliphatic hydroxyl groups excluding tert-OH is 10. The molecule has 9 unspecified atom stereocenters. The highest BCUT2D eigenvalue weighted by atomic mass is 16.8. The van der Waals surface area contributed by atoms with Crippen molar-refractivity contribution in [1.82, 2.24) is 10.6 Å². The lowest BCUT2D eigenvalue weighted by Crippen LogP contribution is -2.74. The molecule has 0 saturated carbocycles. The minimum Gasteiger partial charge on any atom is -0.450 e. The van der Waals surface area contributed by atoms with Crippen molar-refractivity contribution in [1.29, 1.82) is 0 Å². The monoisotopic (exact) mass is 1160 g/mol. The van der Waals surface area contributed by atoms with E-state index in [4.69, 9.17) is 33.2 Å². The molecule has 2 amide bonds. The summed E-state index contributed by atoms with van der Waals surface area (Å²) in [6.45, 7) is 2.50. The van der Waals surface area contributed by atoms with E-state index in [0.29, 0.717) is 6.42 Å². The SMILES string of the molecule is CCCCCCCCCCCCC/C=C/[C@@H](O)[C@H](CO[C@@H]1O[C@H](CO)[C@@H](OC2OC(CO)C(O)C3OC4(CC(O)C(NC(C)=O)C([C@H](O)[C@@H](O)CO)O4)C(=O)OC23)[C@H](O)[C@H]1O)NC(=O)CCCCCCCCCCCCCCCCC. The van der Waals surface area contributed by atoms with Crippen LogP contribution in [0, 0.1) is 0 Å². The standard InChI is InChI=1S/C59H106N2O20/c1-4-6-8-10-12-14-16-18-19-21-23-25-27-29-31-33-46(69)61-40(41(66)32-30-28-26-24-22-20-17-15-13-11-9-7-5-2)38-75-56-51(73)50(72)52(45(37-64)77-56)78-57-55-54(49(71)44(36-63)76-57)81-59(58(74)79-55)34-42(67)47(60-39(3)65)53(80-59)48(70)43(68)35-62/h30,32,40-45,47-57,62-64,66-68,70-73H,4-29,31,33-38H2,1-3H3,(H,60,65)(H,61,69)/b32-30+/t40-,41+,42?,43-,44?,45+,47?,48+,49?,50+,51+,52+,53?,54?,55?,56+,57?,59?/m0/s1. The van der Waals surface area contributed by atoms with Gasteiger partial charge in [0, 0.05) is 19.8 Å². The third-order valence-electron chi connectivity index (χ3n) is 16.2. The number of carbonyl (C=O) groups is 3. The molecule has 4 fully saturated rings. The molecule has 22 nitrogen and oxygen atoms in total. The molecule has 4 rings (SSSR count). The molecule has 4 heterocycles. The van der Waals surface area contributed by atoms with Gasteiger partial charge in [-0.1, -0.05) is 180 Å². The van der Waals surface area contributed by atoms with Gasteiger partial charge < -0.3 is 94.9 Å². The van der Waals surface area contributed by atoms with Crippen molar-refractivity contribution in [2.24, 2.45) is 0 Å². The van der Waals surface area contributed by atoms with E-state index in [1.807, 2.05) is 6.08 Å².